The van der Waals surface area contributed by atoms with Gasteiger partial charge in [-0.05, 0) is 44.2 Å². The summed E-state index contributed by atoms with van der Waals surface area (Å²) >= 11 is 5.34. The first kappa shape index (κ1) is 30.7. The molecule has 1 spiro atoms. The number of aliphatic hydroxyl groups is 1. The maximum absolute atomic E-state index is 14.7. The van der Waals surface area contributed by atoms with Crippen LogP contribution in [0.3, 0.4) is 0 Å². The molecule has 1 aromatic heterocycles. The number of fused-ring (bicyclic) bond motifs is 2. The number of amides is 2. The number of nitrogens with zero attached hydrogens (tertiary/aromatic N) is 5. The molecule has 0 radical (unpaired) electrons. The zero-order valence-corrected chi connectivity index (χ0v) is 26.2. The number of carbonyl (C=O) groups excluding carboxylic acids is 3. The van der Waals surface area contributed by atoms with Crippen LogP contribution in [-0.4, -0.2) is 94.4 Å². The van der Waals surface area contributed by atoms with Gasteiger partial charge in [0.05, 0.1) is 41.4 Å². The molecule has 4 heterocycles. The second-order valence-corrected chi connectivity index (χ2v) is 13.9. The fourth-order valence-electron chi connectivity index (χ4n) is 6.81. The van der Waals surface area contributed by atoms with Gasteiger partial charge in [0.1, 0.15) is 18.2 Å². The van der Waals surface area contributed by atoms with Crippen LogP contribution in [0.1, 0.15) is 39.0 Å². The van der Waals surface area contributed by atoms with E-state index >= 15 is 0 Å². The lowest BCUT2D eigenvalue weighted by atomic mass is 9.71. The van der Waals surface area contributed by atoms with Crippen LogP contribution in [0.15, 0.2) is 49.6 Å². The van der Waals surface area contributed by atoms with Crippen molar-refractivity contribution in [1.29, 1.82) is 0 Å². The van der Waals surface area contributed by atoms with Crippen LogP contribution in [-0.2, 0) is 25.8 Å². The van der Waals surface area contributed by atoms with Crippen molar-refractivity contribution in [3.8, 4) is 0 Å². The zero-order chi connectivity index (χ0) is 30.0. The molecule has 0 saturated carbocycles. The minimum absolute atomic E-state index is 0.0681. The highest BCUT2D eigenvalue weighted by molar-refractivity contribution is 9.09. The lowest BCUT2D eigenvalue weighted by Gasteiger charge is -2.39. The zero-order valence-electron chi connectivity index (χ0n) is 23.8. The lowest BCUT2D eigenvalue weighted by molar-refractivity contribution is -0.154. The summed E-state index contributed by atoms with van der Waals surface area (Å²) < 4.78 is 6.53. The Morgan fingerprint density at radius 2 is 2.10 bits per heavy atom. The molecule has 226 valence electrons. The van der Waals surface area contributed by atoms with Gasteiger partial charge in [0.2, 0.25) is 11.8 Å². The molecule has 7 atom stereocenters. The quantitative estimate of drug-likeness (QED) is 0.142. The van der Waals surface area contributed by atoms with Crippen LogP contribution in [0.5, 0.6) is 0 Å². The Bertz CT molecular complexity index is 1350. The summed E-state index contributed by atoms with van der Waals surface area (Å²) in [6.07, 6.45) is 6.92. The number of unbranched alkanes of at least 4 members (excludes halogenated alkanes) is 2. The Kier molecular flexibility index (Phi) is 9.44. The van der Waals surface area contributed by atoms with Gasteiger partial charge in [-0.2, -0.15) is 0 Å². The van der Waals surface area contributed by atoms with E-state index in [-0.39, 0.29) is 48.3 Å². The maximum atomic E-state index is 14.7. The van der Waals surface area contributed by atoms with Crippen molar-refractivity contribution < 1.29 is 24.2 Å². The molecule has 3 fully saturated rings. The Labute approximate surface area is 258 Å². The van der Waals surface area contributed by atoms with E-state index in [1.807, 2.05) is 37.3 Å². The number of thioether (sulfide) groups is 1. The van der Waals surface area contributed by atoms with Crippen molar-refractivity contribution in [3.63, 3.8) is 0 Å². The number of benzene rings is 1. The van der Waals surface area contributed by atoms with Crippen molar-refractivity contribution in [2.24, 2.45) is 11.8 Å². The number of halogens is 1. The van der Waals surface area contributed by atoms with Gasteiger partial charge in [-0.3, -0.25) is 14.4 Å². The molecule has 3 aliphatic heterocycles. The number of aromatic nitrogens is 3. The van der Waals surface area contributed by atoms with Crippen LogP contribution in [0.25, 0.3) is 11.0 Å². The van der Waals surface area contributed by atoms with Crippen molar-refractivity contribution in [2.45, 2.75) is 72.6 Å². The van der Waals surface area contributed by atoms with Crippen molar-refractivity contribution >= 4 is 56.5 Å². The lowest BCUT2D eigenvalue weighted by Crippen LogP contribution is -2.58. The first-order valence-corrected chi connectivity index (χ1v) is 16.3. The summed E-state index contributed by atoms with van der Waals surface area (Å²) in [5, 5.41) is 18.6. The van der Waals surface area contributed by atoms with Crippen LogP contribution >= 0.6 is 27.7 Å². The minimum Gasteiger partial charge on any atom is -0.465 e. The third-order valence-corrected chi connectivity index (χ3v) is 12.0. The molecule has 1 aromatic carbocycles. The van der Waals surface area contributed by atoms with E-state index < -0.39 is 34.6 Å². The normalized spacial score (nSPS) is 28.6. The van der Waals surface area contributed by atoms with E-state index in [4.69, 9.17) is 4.74 Å². The summed E-state index contributed by atoms with van der Waals surface area (Å²) in [5.41, 5.74) is 1.49. The fourth-order valence-corrected chi connectivity index (χ4v) is 10.4. The number of hydrogen-bond acceptors (Lipinski definition) is 8. The minimum atomic E-state index is -0.873. The number of allylic oxidation sites excluding steroid dienone is 1. The van der Waals surface area contributed by atoms with E-state index in [1.165, 1.54) is 0 Å². The molecule has 42 heavy (non-hydrogen) atoms. The molecule has 5 rings (SSSR count). The number of ether oxygens (including phenoxy) is 1. The second-order valence-electron chi connectivity index (χ2n) is 11.2. The molecule has 1 N–H and O–H groups in total. The highest BCUT2D eigenvalue weighted by atomic mass is 79.9. The average molecular weight is 661 g/mol. The number of aliphatic hydroxyl groups excluding tert-OH is 1. The summed E-state index contributed by atoms with van der Waals surface area (Å²) in [4.78, 5) is 45.6. The molecule has 3 aliphatic rings. The van der Waals surface area contributed by atoms with Crippen molar-refractivity contribution in [3.05, 3.63) is 49.6 Å². The van der Waals surface area contributed by atoms with Gasteiger partial charge in [0, 0.05) is 16.6 Å². The summed E-state index contributed by atoms with van der Waals surface area (Å²) in [7, 11) is 0. The Balaban J connectivity index is 1.49. The highest BCUT2D eigenvalue weighted by Crippen LogP contribution is 2.68. The molecule has 12 heteroatoms. The van der Waals surface area contributed by atoms with E-state index in [0.717, 1.165) is 18.4 Å². The van der Waals surface area contributed by atoms with Gasteiger partial charge < -0.3 is 19.6 Å². The summed E-state index contributed by atoms with van der Waals surface area (Å²) in [6, 6.07) is 6.08. The van der Waals surface area contributed by atoms with E-state index in [0.29, 0.717) is 24.8 Å². The summed E-state index contributed by atoms with van der Waals surface area (Å²) in [5.74, 6) is -2.30. The van der Waals surface area contributed by atoms with Gasteiger partial charge in [-0.15, -0.1) is 30.0 Å². The first-order chi connectivity index (χ1) is 20.3. The number of alkyl halides is 1. The SMILES string of the molecule is C=CCCCCOC(=O)[C@H]1[C@H]2C(=O)N([C@@H](CC)CO)C(C(=O)N(CC=C)Cn3nnc4ccccc43)C23CC(Br)[C@@H]1S3. The Hall–Kier alpha value is -2.70. The second kappa shape index (κ2) is 12.9. The van der Waals surface area contributed by atoms with E-state index in [9.17, 15) is 19.5 Å². The van der Waals surface area contributed by atoms with Gasteiger partial charge in [0.15, 0.2) is 0 Å². The molecular formula is C30H38BrN5O5S. The molecular weight excluding hydrogens is 622 g/mol. The van der Waals surface area contributed by atoms with E-state index in [2.05, 4.69) is 39.4 Å². The number of hydrogen-bond donors (Lipinski definition) is 1. The van der Waals surface area contributed by atoms with Crippen LogP contribution in [0.4, 0.5) is 0 Å². The van der Waals surface area contributed by atoms with Gasteiger partial charge in [0.25, 0.3) is 0 Å². The highest BCUT2D eigenvalue weighted by Gasteiger charge is 2.76. The molecule has 3 unspecified atom stereocenters. The van der Waals surface area contributed by atoms with Gasteiger partial charge >= 0.3 is 5.97 Å². The maximum Gasteiger partial charge on any atom is 0.310 e. The molecule has 2 bridgehead atoms. The summed E-state index contributed by atoms with van der Waals surface area (Å²) in [6.45, 7) is 9.82. The topological polar surface area (TPSA) is 118 Å². The predicted octanol–water partition coefficient (Wildman–Crippen LogP) is 3.54. The number of carbonyl (C=O) groups is 3. The van der Waals surface area contributed by atoms with Crippen LogP contribution < -0.4 is 0 Å². The van der Waals surface area contributed by atoms with E-state index in [1.54, 1.807) is 32.3 Å². The number of likely N-dealkylation sites (tertiary alicyclic amines) is 1. The number of para-hydroxylation sites is 1. The standard InChI is InChI=1S/C30H38BrN5O5S/c1-4-7-8-11-15-41-29(40)23-24-27(38)36(19(6-3)17-37)26(30(24)16-20(31)25(23)42-30)28(39)34(14-5-2)18-35-22-13-10-9-12-21(22)32-33-35/h4-5,9-10,12-13,19-20,23-26,37H,1-2,6-8,11,14-18H2,3H3/t19-,20?,23-,24-,25-,26?,30?/m0/s1. The molecule has 2 aromatic rings. The first-order valence-electron chi connectivity index (χ1n) is 14.5. The predicted molar refractivity (Wildman–Crippen MR) is 165 cm³/mol. The van der Waals surface area contributed by atoms with Crippen molar-refractivity contribution in [1.82, 2.24) is 24.8 Å². The molecule has 0 aliphatic carbocycles. The molecule has 2 amide bonds. The Morgan fingerprint density at radius 1 is 1.31 bits per heavy atom. The molecule has 10 nitrogen and oxygen atoms in total. The van der Waals surface area contributed by atoms with Crippen LogP contribution in [0, 0.1) is 11.8 Å². The third kappa shape index (κ3) is 5.19. The third-order valence-electron chi connectivity index (χ3n) is 8.74. The number of esters is 1. The average Bonchev–Trinajstić information content (AvgIpc) is 3.70. The Morgan fingerprint density at radius 3 is 2.81 bits per heavy atom. The fraction of sp³-hybridized carbons (Fsp3) is 0.567. The smallest absolute Gasteiger partial charge is 0.310 e. The number of rotatable bonds is 14. The monoisotopic (exact) mass is 659 g/mol. The van der Waals surface area contributed by atoms with Gasteiger partial charge in [-0.1, -0.05) is 52.4 Å². The largest absolute Gasteiger partial charge is 0.465 e. The molecule has 3 saturated heterocycles. The van der Waals surface area contributed by atoms with Crippen molar-refractivity contribution in [2.75, 3.05) is 19.8 Å². The van der Waals surface area contributed by atoms with Gasteiger partial charge in [-0.25, -0.2) is 4.68 Å². The van der Waals surface area contributed by atoms with Crippen LogP contribution in [0.2, 0.25) is 0 Å².